The van der Waals surface area contributed by atoms with E-state index in [4.69, 9.17) is 4.42 Å². The fraction of sp³-hybridized carbons (Fsp3) is 0.250. The van der Waals surface area contributed by atoms with E-state index in [-0.39, 0.29) is 23.9 Å². The number of phenolic OH excluding ortho intramolecular Hbond substituents is 2. The Morgan fingerprint density at radius 1 is 1.28 bits per heavy atom. The molecule has 1 heterocycles. The highest BCUT2D eigenvalue weighted by atomic mass is 35.5. The van der Waals surface area contributed by atoms with Crippen LogP contribution >= 0.6 is 12.4 Å². The number of benzene rings is 1. The lowest BCUT2D eigenvalue weighted by molar-refractivity contribution is 0.366. The van der Waals surface area contributed by atoms with Crippen LogP contribution in [0.2, 0.25) is 0 Å². The molecule has 2 rings (SSSR count). The third-order valence-corrected chi connectivity index (χ3v) is 2.43. The molecule has 98 valence electrons. The number of hydrogen-bond donors (Lipinski definition) is 2. The van der Waals surface area contributed by atoms with Crippen LogP contribution in [0.15, 0.2) is 27.4 Å². The van der Waals surface area contributed by atoms with Crippen LogP contribution in [0.25, 0.3) is 11.0 Å². The SMILES string of the molecule is CN(C)Cc1c(O)c(O)cc2ccc(=O)oc12.Cl. The Morgan fingerprint density at radius 3 is 2.56 bits per heavy atom. The molecular formula is C12H14ClNO4. The van der Waals surface area contributed by atoms with Crippen LogP contribution in [0, 0.1) is 0 Å². The molecule has 18 heavy (non-hydrogen) atoms. The fourth-order valence-corrected chi connectivity index (χ4v) is 1.72. The van der Waals surface area contributed by atoms with Crippen molar-refractivity contribution in [2.75, 3.05) is 14.1 Å². The van der Waals surface area contributed by atoms with Gasteiger partial charge in [-0.1, -0.05) is 0 Å². The van der Waals surface area contributed by atoms with Gasteiger partial charge in [0.05, 0.1) is 5.56 Å². The molecule has 0 aliphatic carbocycles. The second-order valence-electron chi connectivity index (χ2n) is 4.13. The van der Waals surface area contributed by atoms with Crippen molar-refractivity contribution in [3.8, 4) is 11.5 Å². The lowest BCUT2D eigenvalue weighted by atomic mass is 10.1. The molecule has 0 unspecified atom stereocenters. The van der Waals surface area contributed by atoms with Crippen LogP contribution < -0.4 is 5.63 Å². The highest BCUT2D eigenvalue weighted by Crippen LogP contribution is 2.35. The first-order valence-corrected chi connectivity index (χ1v) is 5.11. The lowest BCUT2D eigenvalue weighted by Gasteiger charge is -2.13. The van der Waals surface area contributed by atoms with E-state index in [9.17, 15) is 15.0 Å². The first-order valence-electron chi connectivity index (χ1n) is 5.11. The van der Waals surface area contributed by atoms with Gasteiger partial charge in [-0.3, -0.25) is 0 Å². The topological polar surface area (TPSA) is 73.9 Å². The van der Waals surface area contributed by atoms with Gasteiger partial charge in [0.25, 0.3) is 0 Å². The van der Waals surface area contributed by atoms with E-state index in [1.165, 1.54) is 12.1 Å². The second-order valence-corrected chi connectivity index (χ2v) is 4.13. The van der Waals surface area contributed by atoms with Gasteiger partial charge < -0.3 is 19.5 Å². The van der Waals surface area contributed by atoms with Crippen LogP contribution in [0.3, 0.4) is 0 Å². The molecule has 2 aromatic rings. The van der Waals surface area contributed by atoms with Gasteiger partial charge in [-0.2, -0.15) is 0 Å². The minimum atomic E-state index is -0.484. The van der Waals surface area contributed by atoms with Gasteiger partial charge in [0.2, 0.25) is 0 Å². The molecule has 5 nitrogen and oxygen atoms in total. The summed E-state index contributed by atoms with van der Waals surface area (Å²) in [5.74, 6) is -0.469. The molecule has 0 saturated heterocycles. The molecule has 1 aromatic carbocycles. The van der Waals surface area contributed by atoms with Crippen molar-refractivity contribution in [2.24, 2.45) is 0 Å². The molecular weight excluding hydrogens is 258 g/mol. The van der Waals surface area contributed by atoms with Crippen LogP contribution in [0.4, 0.5) is 0 Å². The maximum absolute atomic E-state index is 11.2. The van der Waals surface area contributed by atoms with Gasteiger partial charge in [0.15, 0.2) is 11.5 Å². The Balaban J connectivity index is 0.00000162. The number of nitrogens with zero attached hydrogens (tertiary/aromatic N) is 1. The lowest BCUT2D eigenvalue weighted by Crippen LogP contribution is -2.11. The van der Waals surface area contributed by atoms with Crippen LogP contribution in [0.1, 0.15) is 5.56 Å². The van der Waals surface area contributed by atoms with Crippen molar-refractivity contribution in [1.82, 2.24) is 4.90 Å². The van der Waals surface area contributed by atoms with Crippen molar-refractivity contribution in [3.63, 3.8) is 0 Å². The average Bonchev–Trinajstić information content (AvgIpc) is 2.25. The number of fused-ring (bicyclic) bond motifs is 1. The Hall–Kier alpha value is -1.72. The van der Waals surface area contributed by atoms with Gasteiger partial charge in [-0.05, 0) is 26.2 Å². The van der Waals surface area contributed by atoms with E-state index in [1.54, 1.807) is 11.0 Å². The van der Waals surface area contributed by atoms with Gasteiger partial charge in [0.1, 0.15) is 5.58 Å². The molecule has 0 radical (unpaired) electrons. The fourth-order valence-electron chi connectivity index (χ4n) is 1.72. The monoisotopic (exact) mass is 271 g/mol. The zero-order valence-electron chi connectivity index (χ0n) is 10.0. The molecule has 1 aromatic heterocycles. The largest absolute Gasteiger partial charge is 0.504 e. The van der Waals surface area contributed by atoms with Crippen LogP contribution in [-0.2, 0) is 6.54 Å². The average molecular weight is 272 g/mol. The standard InChI is InChI=1S/C12H13NO4.ClH/c1-13(2)6-8-11(16)9(14)5-7-3-4-10(15)17-12(7)8;/h3-5,14,16H,6H2,1-2H3;1H. The zero-order chi connectivity index (χ0) is 12.6. The molecule has 0 amide bonds. The van der Waals surface area contributed by atoms with Gasteiger partial charge in [-0.25, -0.2) is 4.79 Å². The number of phenols is 2. The Bertz CT molecular complexity index is 621. The van der Waals surface area contributed by atoms with Crippen LogP contribution in [0.5, 0.6) is 11.5 Å². The number of aromatic hydroxyl groups is 2. The third-order valence-electron chi connectivity index (χ3n) is 2.43. The second kappa shape index (κ2) is 5.29. The highest BCUT2D eigenvalue weighted by molar-refractivity contribution is 5.85. The first kappa shape index (κ1) is 14.3. The normalized spacial score (nSPS) is 10.6. The predicted molar refractivity (Wildman–Crippen MR) is 70.5 cm³/mol. The summed E-state index contributed by atoms with van der Waals surface area (Å²) >= 11 is 0. The predicted octanol–water partition coefficient (Wildman–Crippen LogP) is 1.69. The number of rotatable bonds is 2. The molecule has 0 fully saturated rings. The van der Waals surface area contributed by atoms with E-state index in [0.29, 0.717) is 23.1 Å². The summed E-state index contributed by atoms with van der Waals surface area (Å²) in [6, 6.07) is 4.20. The quantitative estimate of drug-likeness (QED) is 0.642. The molecule has 0 aliphatic heterocycles. The van der Waals surface area contributed by atoms with Crippen LogP contribution in [-0.4, -0.2) is 29.2 Å². The summed E-state index contributed by atoms with van der Waals surface area (Å²) in [5, 5.41) is 20.0. The maximum Gasteiger partial charge on any atom is 0.336 e. The maximum atomic E-state index is 11.2. The smallest absolute Gasteiger partial charge is 0.336 e. The summed E-state index contributed by atoms with van der Waals surface area (Å²) in [5.41, 5.74) is 0.229. The van der Waals surface area contributed by atoms with Gasteiger partial charge >= 0.3 is 5.63 Å². The van der Waals surface area contributed by atoms with E-state index in [1.807, 2.05) is 14.1 Å². The minimum Gasteiger partial charge on any atom is -0.504 e. The van der Waals surface area contributed by atoms with Gasteiger partial charge in [-0.15, -0.1) is 12.4 Å². The van der Waals surface area contributed by atoms with Crippen molar-refractivity contribution in [3.05, 3.63) is 34.2 Å². The number of hydrogen-bond acceptors (Lipinski definition) is 5. The molecule has 6 heteroatoms. The summed E-state index contributed by atoms with van der Waals surface area (Å²) in [7, 11) is 3.63. The first-order chi connectivity index (χ1) is 7.99. The summed E-state index contributed by atoms with van der Waals surface area (Å²) in [6.45, 7) is 0.365. The molecule has 0 spiro atoms. The van der Waals surface area contributed by atoms with E-state index in [0.717, 1.165) is 0 Å². The molecule has 0 atom stereocenters. The number of halogens is 1. The Morgan fingerprint density at radius 2 is 1.94 bits per heavy atom. The zero-order valence-corrected chi connectivity index (χ0v) is 10.8. The van der Waals surface area contributed by atoms with Crippen molar-refractivity contribution < 1.29 is 14.6 Å². The summed E-state index contributed by atoms with van der Waals surface area (Å²) < 4.78 is 5.08. The summed E-state index contributed by atoms with van der Waals surface area (Å²) in [4.78, 5) is 13.0. The van der Waals surface area contributed by atoms with E-state index < -0.39 is 5.63 Å². The molecule has 0 saturated carbocycles. The van der Waals surface area contributed by atoms with Crippen molar-refractivity contribution >= 4 is 23.4 Å². The molecule has 0 bridgehead atoms. The van der Waals surface area contributed by atoms with E-state index >= 15 is 0 Å². The molecule has 2 N–H and O–H groups in total. The van der Waals surface area contributed by atoms with Crippen molar-refractivity contribution in [1.29, 1.82) is 0 Å². The highest BCUT2D eigenvalue weighted by Gasteiger charge is 2.15. The Kier molecular flexibility index (Phi) is 4.21. The van der Waals surface area contributed by atoms with Gasteiger partial charge in [0, 0.05) is 18.0 Å². The minimum absolute atomic E-state index is 0. The third kappa shape index (κ3) is 2.57. The van der Waals surface area contributed by atoms with E-state index in [2.05, 4.69) is 0 Å². The van der Waals surface area contributed by atoms with Crippen molar-refractivity contribution in [2.45, 2.75) is 6.54 Å². The summed E-state index contributed by atoms with van der Waals surface area (Å²) in [6.07, 6.45) is 0. The Labute approximate surface area is 110 Å². The molecule has 0 aliphatic rings.